The van der Waals surface area contributed by atoms with Crippen molar-refractivity contribution < 1.29 is 32.6 Å². The van der Waals surface area contributed by atoms with Crippen molar-refractivity contribution in [2.24, 2.45) is 0 Å². The van der Waals surface area contributed by atoms with Crippen LogP contribution in [-0.2, 0) is 9.53 Å². The highest BCUT2D eigenvalue weighted by molar-refractivity contribution is 5.88. The Hall–Kier alpha value is -2.10. The maximum Gasteiger partial charge on any atom is 0.490 e. The van der Waals surface area contributed by atoms with Gasteiger partial charge in [-0.1, -0.05) is 0 Å². The quantitative estimate of drug-likeness (QED) is 0.769. The molecule has 0 radical (unpaired) electrons. The lowest BCUT2D eigenvalue weighted by atomic mass is 10.2. The molecule has 0 spiro atoms. The SMILES string of the molecule is COC(=O)c1cnn(C2CNC2)c1.O=C(O)C(F)(F)F. The molecule has 1 aliphatic heterocycles. The van der Waals surface area contributed by atoms with Gasteiger partial charge in [0.15, 0.2) is 0 Å². The molecule has 0 saturated carbocycles. The molecule has 2 N–H and O–H groups in total. The number of aliphatic carboxylic acids is 1. The molecular weight excluding hydrogens is 283 g/mol. The zero-order valence-electron chi connectivity index (χ0n) is 10.3. The number of rotatable bonds is 2. The summed E-state index contributed by atoms with van der Waals surface area (Å²) in [6, 6.07) is 0.387. The largest absolute Gasteiger partial charge is 0.490 e. The van der Waals surface area contributed by atoms with Crippen LogP contribution in [-0.4, -0.2) is 53.2 Å². The maximum absolute atomic E-state index is 11.1. The average molecular weight is 295 g/mol. The molecule has 0 bridgehead atoms. The molecule has 10 heteroatoms. The van der Waals surface area contributed by atoms with Crippen molar-refractivity contribution in [2.75, 3.05) is 20.2 Å². The van der Waals surface area contributed by atoms with Crippen LogP contribution in [0.25, 0.3) is 0 Å². The van der Waals surface area contributed by atoms with Crippen molar-refractivity contribution in [3.63, 3.8) is 0 Å². The third-order valence-electron chi connectivity index (χ3n) is 2.40. The van der Waals surface area contributed by atoms with Crippen molar-refractivity contribution in [3.8, 4) is 0 Å². The molecule has 2 heterocycles. The van der Waals surface area contributed by atoms with Crippen LogP contribution in [0, 0.1) is 0 Å². The van der Waals surface area contributed by atoms with Gasteiger partial charge in [-0.05, 0) is 0 Å². The van der Waals surface area contributed by atoms with Crippen LogP contribution >= 0.6 is 0 Å². The lowest BCUT2D eigenvalue weighted by Crippen LogP contribution is -2.43. The monoisotopic (exact) mass is 295 g/mol. The van der Waals surface area contributed by atoms with Crippen LogP contribution in [0.15, 0.2) is 12.4 Å². The summed E-state index contributed by atoms with van der Waals surface area (Å²) in [4.78, 5) is 20.0. The van der Waals surface area contributed by atoms with Crippen LogP contribution in [0.5, 0.6) is 0 Å². The molecule has 2 rings (SSSR count). The van der Waals surface area contributed by atoms with Crippen molar-refractivity contribution in [1.82, 2.24) is 15.1 Å². The normalized spacial score (nSPS) is 14.8. The fourth-order valence-corrected chi connectivity index (χ4v) is 1.22. The molecule has 0 aliphatic carbocycles. The summed E-state index contributed by atoms with van der Waals surface area (Å²) in [5, 5.41) is 14.3. The van der Waals surface area contributed by atoms with E-state index in [0.717, 1.165) is 13.1 Å². The number of esters is 1. The highest BCUT2D eigenvalue weighted by Gasteiger charge is 2.38. The molecule has 1 saturated heterocycles. The molecule has 20 heavy (non-hydrogen) atoms. The van der Waals surface area contributed by atoms with Crippen molar-refractivity contribution in [1.29, 1.82) is 0 Å². The van der Waals surface area contributed by atoms with Crippen molar-refractivity contribution >= 4 is 11.9 Å². The molecule has 7 nitrogen and oxygen atoms in total. The number of carbonyl (C=O) groups is 2. The van der Waals surface area contributed by atoms with E-state index in [1.807, 2.05) is 0 Å². The minimum atomic E-state index is -5.08. The molecule has 1 aromatic heterocycles. The van der Waals surface area contributed by atoms with Crippen molar-refractivity contribution in [2.45, 2.75) is 12.2 Å². The first-order chi connectivity index (χ1) is 9.25. The Balaban J connectivity index is 0.000000246. The van der Waals surface area contributed by atoms with Gasteiger partial charge in [-0.15, -0.1) is 0 Å². The van der Waals surface area contributed by atoms with E-state index in [2.05, 4.69) is 15.2 Å². The van der Waals surface area contributed by atoms with Gasteiger partial charge in [-0.2, -0.15) is 18.3 Å². The van der Waals surface area contributed by atoms with E-state index >= 15 is 0 Å². The van der Waals surface area contributed by atoms with Gasteiger partial charge in [0.05, 0.1) is 24.9 Å². The number of nitrogens with zero attached hydrogens (tertiary/aromatic N) is 2. The zero-order chi connectivity index (χ0) is 15.3. The van der Waals surface area contributed by atoms with Gasteiger partial charge < -0.3 is 15.2 Å². The number of nitrogens with one attached hydrogen (secondary N) is 1. The number of halogens is 3. The number of hydrogen-bond donors (Lipinski definition) is 2. The average Bonchev–Trinajstić information content (AvgIpc) is 2.74. The fourth-order valence-electron chi connectivity index (χ4n) is 1.22. The van der Waals surface area contributed by atoms with Crippen LogP contribution in [0.3, 0.4) is 0 Å². The first-order valence-electron chi connectivity index (χ1n) is 5.39. The highest BCUT2D eigenvalue weighted by atomic mass is 19.4. The lowest BCUT2D eigenvalue weighted by Gasteiger charge is -2.27. The van der Waals surface area contributed by atoms with E-state index in [0.29, 0.717) is 11.6 Å². The third kappa shape index (κ3) is 4.23. The summed E-state index contributed by atoms with van der Waals surface area (Å²) in [5.74, 6) is -3.09. The molecule has 0 atom stereocenters. The molecule has 0 aromatic carbocycles. The molecule has 0 unspecified atom stereocenters. The van der Waals surface area contributed by atoms with Gasteiger partial charge >= 0.3 is 18.1 Å². The lowest BCUT2D eigenvalue weighted by molar-refractivity contribution is -0.192. The Morgan fingerprint density at radius 3 is 2.40 bits per heavy atom. The summed E-state index contributed by atoms with van der Waals surface area (Å²) in [7, 11) is 1.37. The standard InChI is InChI=1S/C8H11N3O2.C2HF3O2/c1-13-8(12)6-2-10-11(5-6)7-3-9-4-7;3-2(4,5)1(6)7/h2,5,7,9H,3-4H2,1H3;(H,6,7). The number of aromatic nitrogens is 2. The van der Waals surface area contributed by atoms with Crippen molar-refractivity contribution in [3.05, 3.63) is 18.0 Å². The maximum atomic E-state index is 11.1. The Labute approximate surface area is 111 Å². The first kappa shape index (κ1) is 16.0. The van der Waals surface area contributed by atoms with Crippen LogP contribution in [0.1, 0.15) is 16.4 Å². The number of alkyl halides is 3. The number of ether oxygens (including phenoxy) is 1. The van der Waals surface area contributed by atoms with Gasteiger partial charge in [-0.25, -0.2) is 9.59 Å². The predicted octanol–water partition coefficient (Wildman–Crippen LogP) is 0.447. The molecule has 1 aliphatic rings. The van der Waals surface area contributed by atoms with E-state index in [-0.39, 0.29) is 5.97 Å². The van der Waals surface area contributed by atoms with Gasteiger partial charge in [0.1, 0.15) is 0 Å². The Morgan fingerprint density at radius 1 is 1.50 bits per heavy atom. The number of carbonyl (C=O) groups excluding carboxylic acids is 1. The fraction of sp³-hybridized carbons (Fsp3) is 0.500. The number of methoxy groups -OCH3 is 1. The molecule has 1 fully saturated rings. The summed E-state index contributed by atoms with van der Waals surface area (Å²) < 4.78 is 38.1. The van der Waals surface area contributed by atoms with E-state index < -0.39 is 12.1 Å². The minimum Gasteiger partial charge on any atom is -0.475 e. The second kappa shape index (κ2) is 6.37. The molecular formula is C10H12F3N3O4. The Kier molecular flexibility index (Phi) is 5.08. The van der Waals surface area contributed by atoms with Gasteiger partial charge in [-0.3, -0.25) is 4.68 Å². The third-order valence-corrected chi connectivity index (χ3v) is 2.40. The van der Waals surface area contributed by atoms with Crippen LogP contribution in [0.2, 0.25) is 0 Å². The Bertz CT molecular complexity index is 482. The predicted molar refractivity (Wildman–Crippen MR) is 59.2 cm³/mol. The molecule has 1 aromatic rings. The van der Waals surface area contributed by atoms with E-state index in [9.17, 15) is 18.0 Å². The van der Waals surface area contributed by atoms with E-state index in [4.69, 9.17) is 9.90 Å². The van der Waals surface area contributed by atoms with E-state index in [1.54, 1.807) is 10.9 Å². The van der Waals surface area contributed by atoms with Gasteiger partial charge in [0.25, 0.3) is 0 Å². The second-order valence-corrected chi connectivity index (χ2v) is 3.82. The number of carboxylic acids is 1. The van der Waals surface area contributed by atoms with Gasteiger partial charge in [0.2, 0.25) is 0 Å². The summed E-state index contributed by atoms with van der Waals surface area (Å²) in [6.07, 6.45) is -1.83. The summed E-state index contributed by atoms with van der Waals surface area (Å²) >= 11 is 0. The molecule has 0 amide bonds. The van der Waals surface area contributed by atoms with Crippen LogP contribution < -0.4 is 5.32 Å². The first-order valence-corrected chi connectivity index (χ1v) is 5.39. The number of hydrogen-bond acceptors (Lipinski definition) is 5. The molecule has 112 valence electrons. The topological polar surface area (TPSA) is 93.5 Å². The Morgan fingerprint density at radius 2 is 2.05 bits per heavy atom. The summed E-state index contributed by atoms with van der Waals surface area (Å²) in [6.45, 7) is 1.84. The van der Waals surface area contributed by atoms with Gasteiger partial charge in [0, 0.05) is 19.3 Å². The minimum absolute atomic E-state index is 0.335. The second-order valence-electron chi connectivity index (χ2n) is 3.82. The highest BCUT2D eigenvalue weighted by Crippen LogP contribution is 2.13. The van der Waals surface area contributed by atoms with Crippen LogP contribution in [0.4, 0.5) is 13.2 Å². The zero-order valence-corrected chi connectivity index (χ0v) is 10.3. The number of carboxylic acid groups (broad SMARTS) is 1. The smallest absolute Gasteiger partial charge is 0.475 e. The summed E-state index contributed by atoms with van der Waals surface area (Å²) in [5.41, 5.74) is 0.509. The van der Waals surface area contributed by atoms with E-state index in [1.165, 1.54) is 13.3 Å².